The van der Waals surface area contributed by atoms with Crippen LogP contribution in [0.15, 0.2) is 79.1 Å². The monoisotopic (exact) mass is 464 g/mol. The van der Waals surface area contributed by atoms with E-state index in [9.17, 15) is 14.0 Å². The molecule has 4 rings (SSSR count). The minimum absolute atomic E-state index is 0.202. The highest BCUT2D eigenvalue weighted by Crippen LogP contribution is 2.22. The van der Waals surface area contributed by atoms with Crippen LogP contribution < -0.4 is 4.90 Å². The van der Waals surface area contributed by atoms with Crippen LogP contribution in [0.3, 0.4) is 0 Å². The van der Waals surface area contributed by atoms with E-state index in [2.05, 4.69) is 31.9 Å². The van der Waals surface area contributed by atoms with Crippen molar-refractivity contribution in [2.24, 2.45) is 0 Å². The quantitative estimate of drug-likeness (QED) is 0.535. The van der Waals surface area contributed by atoms with Crippen LogP contribution in [0.2, 0.25) is 0 Å². The molecule has 0 saturated carbocycles. The average molecular weight is 464 g/mol. The summed E-state index contributed by atoms with van der Waals surface area (Å²) in [5.41, 5.74) is 3.22. The minimum atomic E-state index is -1.26. The Morgan fingerprint density at radius 3 is 2.03 bits per heavy atom. The van der Waals surface area contributed by atoms with Crippen molar-refractivity contribution in [1.29, 1.82) is 0 Å². The van der Waals surface area contributed by atoms with Crippen LogP contribution in [0.5, 0.6) is 0 Å². The first-order valence-corrected chi connectivity index (χ1v) is 10.6. The highest BCUT2D eigenvalue weighted by atomic mass is 19.1. The smallest absolute Gasteiger partial charge is 0.328 e. The van der Waals surface area contributed by atoms with Crippen molar-refractivity contribution in [1.82, 2.24) is 14.9 Å². The SMILES string of the molecule is Fc1cccc(-c2cccc(CN3CCN(c4ncccn4)CC3)c2)c1.O=C(O)C=CC(=O)O. The molecule has 8 nitrogen and oxygen atoms in total. The Labute approximate surface area is 196 Å². The molecule has 0 atom stereocenters. The van der Waals surface area contributed by atoms with Gasteiger partial charge in [0.05, 0.1) is 0 Å². The Morgan fingerprint density at radius 1 is 0.853 bits per heavy atom. The van der Waals surface area contributed by atoms with Gasteiger partial charge in [0.1, 0.15) is 5.82 Å². The molecule has 0 spiro atoms. The summed E-state index contributed by atoms with van der Waals surface area (Å²) in [7, 11) is 0. The highest BCUT2D eigenvalue weighted by molar-refractivity contribution is 5.89. The number of carboxylic acid groups (broad SMARTS) is 2. The molecule has 0 aliphatic carbocycles. The molecule has 2 aromatic carbocycles. The van der Waals surface area contributed by atoms with Gasteiger partial charge in [-0.3, -0.25) is 4.90 Å². The van der Waals surface area contributed by atoms with Crippen molar-refractivity contribution in [3.05, 3.63) is 90.5 Å². The van der Waals surface area contributed by atoms with Crippen molar-refractivity contribution in [2.45, 2.75) is 6.54 Å². The van der Waals surface area contributed by atoms with Crippen LogP contribution in [-0.4, -0.2) is 63.2 Å². The molecule has 0 unspecified atom stereocenters. The zero-order valence-corrected chi connectivity index (χ0v) is 18.4. The van der Waals surface area contributed by atoms with Gasteiger partial charge in [0, 0.05) is 57.3 Å². The number of hydrogen-bond acceptors (Lipinski definition) is 6. The van der Waals surface area contributed by atoms with E-state index >= 15 is 0 Å². The Hall–Kier alpha value is -4.11. The number of hydrogen-bond donors (Lipinski definition) is 2. The van der Waals surface area contributed by atoms with Gasteiger partial charge in [-0.1, -0.05) is 30.3 Å². The fourth-order valence-corrected chi connectivity index (χ4v) is 3.48. The Balaban J connectivity index is 0.000000350. The van der Waals surface area contributed by atoms with E-state index in [1.807, 2.05) is 24.3 Å². The number of carbonyl (C=O) groups is 2. The van der Waals surface area contributed by atoms with E-state index in [4.69, 9.17) is 10.2 Å². The molecule has 176 valence electrons. The van der Waals surface area contributed by atoms with E-state index in [-0.39, 0.29) is 5.82 Å². The Morgan fingerprint density at radius 2 is 1.44 bits per heavy atom. The number of aliphatic carboxylic acids is 2. The third-order valence-electron chi connectivity index (χ3n) is 5.07. The average Bonchev–Trinajstić information content (AvgIpc) is 2.84. The third-order valence-corrected chi connectivity index (χ3v) is 5.07. The topological polar surface area (TPSA) is 107 Å². The number of carboxylic acids is 2. The molecule has 2 heterocycles. The van der Waals surface area contributed by atoms with Gasteiger partial charge in [-0.25, -0.2) is 23.9 Å². The van der Waals surface area contributed by atoms with Crippen LogP contribution in [0.25, 0.3) is 11.1 Å². The van der Waals surface area contributed by atoms with Crippen molar-refractivity contribution in [2.75, 3.05) is 31.1 Å². The molecule has 1 saturated heterocycles. The van der Waals surface area contributed by atoms with Crippen LogP contribution in [-0.2, 0) is 16.1 Å². The predicted octanol–water partition coefficient (Wildman–Crippen LogP) is 3.32. The number of benzene rings is 2. The van der Waals surface area contributed by atoms with Crippen molar-refractivity contribution in [3.8, 4) is 11.1 Å². The second-order valence-electron chi connectivity index (χ2n) is 7.53. The summed E-state index contributed by atoms with van der Waals surface area (Å²) >= 11 is 0. The molecule has 2 N–H and O–H groups in total. The molecule has 3 aromatic rings. The number of rotatable bonds is 6. The first-order valence-electron chi connectivity index (χ1n) is 10.6. The van der Waals surface area contributed by atoms with Gasteiger partial charge in [0.2, 0.25) is 5.95 Å². The molecular weight excluding hydrogens is 439 g/mol. The summed E-state index contributed by atoms with van der Waals surface area (Å²) in [6, 6.07) is 17.0. The number of aromatic nitrogens is 2. The van der Waals surface area contributed by atoms with E-state index in [1.165, 1.54) is 11.6 Å². The Kier molecular flexibility index (Phi) is 8.81. The van der Waals surface area contributed by atoms with Gasteiger partial charge in [-0.05, 0) is 41.0 Å². The van der Waals surface area contributed by atoms with Gasteiger partial charge in [-0.2, -0.15) is 0 Å². The summed E-state index contributed by atoms with van der Waals surface area (Å²) < 4.78 is 13.5. The molecule has 0 bridgehead atoms. The first-order chi connectivity index (χ1) is 16.4. The molecule has 9 heteroatoms. The van der Waals surface area contributed by atoms with Crippen LogP contribution >= 0.6 is 0 Å². The summed E-state index contributed by atoms with van der Waals surface area (Å²) in [5, 5.41) is 15.6. The van der Waals surface area contributed by atoms with Crippen LogP contribution in [0.1, 0.15) is 5.56 Å². The van der Waals surface area contributed by atoms with Gasteiger partial charge in [0.15, 0.2) is 0 Å². The lowest BCUT2D eigenvalue weighted by atomic mass is 10.0. The molecule has 0 amide bonds. The maximum Gasteiger partial charge on any atom is 0.328 e. The normalized spacial score (nSPS) is 13.9. The van der Waals surface area contributed by atoms with E-state index in [1.54, 1.807) is 24.5 Å². The van der Waals surface area contributed by atoms with E-state index < -0.39 is 11.9 Å². The lowest BCUT2D eigenvalue weighted by Gasteiger charge is -2.34. The molecule has 1 aliphatic heterocycles. The van der Waals surface area contributed by atoms with Gasteiger partial charge < -0.3 is 15.1 Å². The lowest BCUT2D eigenvalue weighted by molar-refractivity contribution is -0.134. The number of anilines is 1. The van der Waals surface area contributed by atoms with Crippen molar-refractivity contribution >= 4 is 17.9 Å². The molecule has 1 aromatic heterocycles. The predicted molar refractivity (Wildman–Crippen MR) is 126 cm³/mol. The fourth-order valence-electron chi connectivity index (χ4n) is 3.48. The van der Waals surface area contributed by atoms with E-state index in [0.717, 1.165) is 49.8 Å². The highest BCUT2D eigenvalue weighted by Gasteiger charge is 2.18. The molecule has 1 fully saturated rings. The minimum Gasteiger partial charge on any atom is -0.478 e. The lowest BCUT2D eigenvalue weighted by Crippen LogP contribution is -2.46. The zero-order valence-electron chi connectivity index (χ0n) is 18.4. The summed E-state index contributed by atoms with van der Waals surface area (Å²) in [4.78, 5) is 32.4. The van der Waals surface area contributed by atoms with Gasteiger partial charge in [0.25, 0.3) is 0 Å². The van der Waals surface area contributed by atoms with Gasteiger partial charge in [-0.15, -0.1) is 0 Å². The second-order valence-corrected chi connectivity index (χ2v) is 7.53. The number of halogens is 1. The maximum atomic E-state index is 13.5. The third kappa shape index (κ3) is 7.79. The van der Waals surface area contributed by atoms with E-state index in [0.29, 0.717) is 12.2 Å². The van der Waals surface area contributed by atoms with Crippen molar-refractivity contribution < 1.29 is 24.2 Å². The zero-order chi connectivity index (χ0) is 24.3. The second kappa shape index (κ2) is 12.2. The van der Waals surface area contributed by atoms with Crippen LogP contribution in [0, 0.1) is 5.82 Å². The largest absolute Gasteiger partial charge is 0.478 e. The van der Waals surface area contributed by atoms with Crippen LogP contribution in [0.4, 0.5) is 10.3 Å². The summed E-state index contributed by atoms with van der Waals surface area (Å²) in [6.07, 6.45) is 4.68. The van der Waals surface area contributed by atoms with Gasteiger partial charge >= 0.3 is 11.9 Å². The molecule has 1 aliphatic rings. The number of nitrogens with zero attached hydrogens (tertiary/aromatic N) is 4. The van der Waals surface area contributed by atoms with Crippen molar-refractivity contribution in [3.63, 3.8) is 0 Å². The maximum absolute atomic E-state index is 13.5. The number of piperazine rings is 1. The standard InChI is InChI=1S/C21H21FN4.C4H4O4/c22-20-7-2-6-19(15-20)18-5-1-4-17(14-18)16-25-10-12-26(13-11-25)21-23-8-3-9-24-21;5-3(6)1-2-4(7)8/h1-9,14-15H,10-13,16H2;1-2H,(H,5,6)(H,7,8). The fraction of sp³-hybridized carbons (Fsp3) is 0.200. The Bertz CT molecular complexity index is 1120. The summed E-state index contributed by atoms with van der Waals surface area (Å²) in [5.74, 6) is -1.91. The summed E-state index contributed by atoms with van der Waals surface area (Å²) in [6.45, 7) is 4.69. The molecular formula is C25H25FN4O4. The molecule has 34 heavy (non-hydrogen) atoms. The molecule has 0 radical (unpaired) electrons. The first kappa shape index (κ1) is 24.5.